The second kappa shape index (κ2) is 6.04. The topological polar surface area (TPSA) is 42.7 Å². The molecule has 0 aliphatic rings. The molecule has 0 aliphatic heterocycles. The molecule has 0 saturated carbocycles. The number of nitrogens with one attached hydrogen (secondary N) is 1. The third kappa shape index (κ3) is 3.36. The van der Waals surface area contributed by atoms with Gasteiger partial charge in [-0.05, 0) is 25.1 Å². The molecule has 0 spiro atoms. The Balaban J connectivity index is 2.24. The number of alkyl halides is 3. The number of para-hydroxylation sites is 1. The van der Waals surface area contributed by atoms with Gasteiger partial charge in [-0.3, -0.25) is 0 Å². The van der Waals surface area contributed by atoms with Gasteiger partial charge in [0.05, 0.1) is 23.1 Å². The third-order valence-corrected chi connectivity index (χ3v) is 2.73. The maximum absolute atomic E-state index is 12.9. The van der Waals surface area contributed by atoms with Crippen molar-refractivity contribution in [1.29, 1.82) is 0 Å². The lowest BCUT2D eigenvalue weighted by Gasteiger charge is -2.11. The molecular weight excluding hydrogens is 269 g/mol. The number of hydrogen-bond donors (Lipinski definition) is 1. The number of benzene rings is 1. The summed E-state index contributed by atoms with van der Waals surface area (Å²) < 4.78 is 39.9. The number of aromatic nitrogens is 3. The van der Waals surface area contributed by atoms with Crippen molar-refractivity contribution < 1.29 is 13.2 Å². The summed E-state index contributed by atoms with van der Waals surface area (Å²) in [7, 11) is 0. The van der Waals surface area contributed by atoms with Crippen LogP contribution < -0.4 is 5.32 Å². The summed E-state index contributed by atoms with van der Waals surface area (Å²) in [5, 5.41) is 10.8. The minimum absolute atomic E-state index is 0.0192. The summed E-state index contributed by atoms with van der Waals surface area (Å²) >= 11 is 0. The Kier molecular flexibility index (Phi) is 4.39. The van der Waals surface area contributed by atoms with Gasteiger partial charge in [-0.15, -0.1) is 5.10 Å². The molecular formula is C13H15F3N4. The second-order valence-corrected chi connectivity index (χ2v) is 4.35. The van der Waals surface area contributed by atoms with Crippen LogP contribution in [0.2, 0.25) is 0 Å². The predicted molar refractivity (Wildman–Crippen MR) is 68.4 cm³/mol. The Morgan fingerprint density at radius 2 is 2.00 bits per heavy atom. The lowest BCUT2D eigenvalue weighted by atomic mass is 10.1. The van der Waals surface area contributed by atoms with Gasteiger partial charge < -0.3 is 5.32 Å². The molecule has 108 valence electrons. The molecule has 0 atom stereocenters. The maximum Gasteiger partial charge on any atom is 0.418 e. The fourth-order valence-corrected chi connectivity index (χ4v) is 1.80. The Labute approximate surface area is 114 Å². The SMILES string of the molecule is CCCNCc1cn(-c2ccccc2C(F)(F)F)nn1. The first-order valence-corrected chi connectivity index (χ1v) is 6.31. The average Bonchev–Trinajstić information content (AvgIpc) is 2.87. The highest BCUT2D eigenvalue weighted by Gasteiger charge is 2.33. The van der Waals surface area contributed by atoms with Crippen LogP contribution in [0.25, 0.3) is 5.69 Å². The van der Waals surface area contributed by atoms with Crippen LogP contribution in [0.4, 0.5) is 13.2 Å². The van der Waals surface area contributed by atoms with Crippen molar-refractivity contribution in [3.8, 4) is 5.69 Å². The number of hydrogen-bond acceptors (Lipinski definition) is 3. The maximum atomic E-state index is 12.9. The fourth-order valence-electron chi connectivity index (χ4n) is 1.80. The standard InChI is InChI=1S/C13H15F3N4/c1-2-7-17-8-10-9-20(19-18-10)12-6-4-3-5-11(12)13(14,15)16/h3-6,9,17H,2,7-8H2,1H3. The quantitative estimate of drug-likeness (QED) is 0.859. The highest BCUT2D eigenvalue weighted by atomic mass is 19.4. The molecule has 1 heterocycles. The highest BCUT2D eigenvalue weighted by molar-refractivity contribution is 5.42. The molecule has 2 rings (SSSR count). The van der Waals surface area contributed by atoms with Crippen LogP contribution in [0.5, 0.6) is 0 Å². The summed E-state index contributed by atoms with van der Waals surface area (Å²) in [6.45, 7) is 3.34. The predicted octanol–water partition coefficient (Wildman–Crippen LogP) is 2.79. The van der Waals surface area contributed by atoms with Gasteiger partial charge in [0.25, 0.3) is 0 Å². The molecule has 4 nitrogen and oxygen atoms in total. The van der Waals surface area contributed by atoms with Crippen LogP contribution in [0, 0.1) is 0 Å². The van der Waals surface area contributed by atoms with Crippen molar-refractivity contribution in [3.63, 3.8) is 0 Å². The van der Waals surface area contributed by atoms with E-state index in [4.69, 9.17) is 0 Å². The third-order valence-electron chi connectivity index (χ3n) is 2.73. The van der Waals surface area contributed by atoms with Gasteiger partial charge in [0.1, 0.15) is 0 Å². The molecule has 0 saturated heterocycles. The molecule has 7 heteroatoms. The monoisotopic (exact) mass is 284 g/mol. The normalized spacial score (nSPS) is 11.8. The van der Waals surface area contributed by atoms with Crippen LogP contribution >= 0.6 is 0 Å². The largest absolute Gasteiger partial charge is 0.418 e. The Hall–Kier alpha value is -1.89. The van der Waals surface area contributed by atoms with E-state index in [1.54, 1.807) is 6.07 Å². The van der Waals surface area contributed by atoms with Crippen LogP contribution in [0.15, 0.2) is 30.5 Å². The minimum atomic E-state index is -4.41. The van der Waals surface area contributed by atoms with Gasteiger partial charge in [-0.1, -0.05) is 24.3 Å². The van der Waals surface area contributed by atoms with E-state index in [9.17, 15) is 13.2 Å². The lowest BCUT2D eigenvalue weighted by Crippen LogP contribution is -2.14. The van der Waals surface area contributed by atoms with Gasteiger partial charge in [0, 0.05) is 6.54 Å². The highest BCUT2D eigenvalue weighted by Crippen LogP contribution is 2.33. The number of nitrogens with zero attached hydrogens (tertiary/aromatic N) is 3. The molecule has 2 aromatic rings. The summed E-state index contributed by atoms with van der Waals surface area (Å²) in [6, 6.07) is 5.31. The fraction of sp³-hybridized carbons (Fsp3) is 0.385. The van der Waals surface area contributed by atoms with Crippen molar-refractivity contribution >= 4 is 0 Å². The van der Waals surface area contributed by atoms with E-state index < -0.39 is 11.7 Å². The number of halogens is 3. The first-order chi connectivity index (χ1) is 9.52. The molecule has 1 aromatic carbocycles. The van der Waals surface area contributed by atoms with Crippen LogP contribution in [0.3, 0.4) is 0 Å². The van der Waals surface area contributed by atoms with E-state index in [0.29, 0.717) is 12.2 Å². The lowest BCUT2D eigenvalue weighted by molar-refractivity contribution is -0.137. The molecule has 0 unspecified atom stereocenters. The molecule has 1 aromatic heterocycles. The molecule has 0 amide bonds. The molecule has 1 N–H and O–H groups in total. The van der Waals surface area contributed by atoms with Crippen molar-refractivity contribution in [3.05, 3.63) is 41.7 Å². The van der Waals surface area contributed by atoms with Crippen LogP contribution in [-0.2, 0) is 12.7 Å². The Morgan fingerprint density at radius 1 is 1.25 bits per heavy atom. The second-order valence-electron chi connectivity index (χ2n) is 4.35. The van der Waals surface area contributed by atoms with E-state index in [1.165, 1.54) is 18.3 Å². The first-order valence-electron chi connectivity index (χ1n) is 6.31. The van der Waals surface area contributed by atoms with E-state index in [-0.39, 0.29) is 5.69 Å². The van der Waals surface area contributed by atoms with Crippen molar-refractivity contribution in [2.75, 3.05) is 6.54 Å². The first kappa shape index (κ1) is 14.5. The zero-order valence-electron chi connectivity index (χ0n) is 11.0. The van der Waals surface area contributed by atoms with Crippen LogP contribution in [0.1, 0.15) is 24.6 Å². The zero-order valence-corrected chi connectivity index (χ0v) is 11.0. The van der Waals surface area contributed by atoms with Crippen molar-refractivity contribution in [1.82, 2.24) is 20.3 Å². The van der Waals surface area contributed by atoms with Gasteiger partial charge in [0.15, 0.2) is 0 Å². The van der Waals surface area contributed by atoms with Crippen molar-refractivity contribution in [2.45, 2.75) is 26.1 Å². The Morgan fingerprint density at radius 3 is 2.70 bits per heavy atom. The van der Waals surface area contributed by atoms with E-state index in [1.807, 2.05) is 6.92 Å². The van der Waals surface area contributed by atoms with Gasteiger partial charge >= 0.3 is 6.18 Å². The summed E-state index contributed by atoms with van der Waals surface area (Å²) in [4.78, 5) is 0. The van der Waals surface area contributed by atoms with Gasteiger partial charge in [0.2, 0.25) is 0 Å². The van der Waals surface area contributed by atoms with Crippen LogP contribution in [-0.4, -0.2) is 21.5 Å². The van der Waals surface area contributed by atoms with E-state index >= 15 is 0 Å². The molecule has 0 aliphatic carbocycles. The smallest absolute Gasteiger partial charge is 0.311 e. The van der Waals surface area contributed by atoms with E-state index in [0.717, 1.165) is 23.7 Å². The Bertz CT molecular complexity index is 563. The molecule has 0 fully saturated rings. The average molecular weight is 284 g/mol. The minimum Gasteiger partial charge on any atom is -0.311 e. The molecule has 0 radical (unpaired) electrons. The number of rotatable bonds is 5. The molecule has 20 heavy (non-hydrogen) atoms. The summed E-state index contributed by atoms with van der Waals surface area (Å²) in [5.74, 6) is 0. The zero-order chi connectivity index (χ0) is 14.6. The van der Waals surface area contributed by atoms with E-state index in [2.05, 4.69) is 15.6 Å². The summed E-state index contributed by atoms with van der Waals surface area (Å²) in [6.07, 6.45) is -1.93. The summed E-state index contributed by atoms with van der Waals surface area (Å²) in [5.41, 5.74) is -0.136. The van der Waals surface area contributed by atoms with Gasteiger partial charge in [-0.25, -0.2) is 4.68 Å². The van der Waals surface area contributed by atoms with Gasteiger partial charge in [-0.2, -0.15) is 13.2 Å². The van der Waals surface area contributed by atoms with Crippen molar-refractivity contribution in [2.24, 2.45) is 0 Å². The molecule has 0 bridgehead atoms.